The van der Waals surface area contributed by atoms with E-state index in [0.29, 0.717) is 37.6 Å². The van der Waals surface area contributed by atoms with Crippen LogP contribution in [0.5, 0.6) is 5.75 Å². The van der Waals surface area contributed by atoms with Crippen LogP contribution in [-0.2, 0) is 36.9 Å². The van der Waals surface area contributed by atoms with E-state index in [9.17, 15) is 24.0 Å². The molecular weight excluding hydrogens is 536 g/mol. The summed E-state index contributed by atoms with van der Waals surface area (Å²) in [5.41, 5.74) is 0.508. The predicted octanol–water partition coefficient (Wildman–Crippen LogP) is 0.992. The fourth-order valence-corrected chi connectivity index (χ4v) is 4.87. The van der Waals surface area contributed by atoms with Gasteiger partial charge in [0.15, 0.2) is 5.82 Å². The molecule has 0 N–H and O–H groups in total. The van der Waals surface area contributed by atoms with Crippen LogP contribution in [0, 0.1) is 5.92 Å². The number of methoxy groups -OCH3 is 1. The largest absolute Gasteiger partial charge is 0.495 e. The molecule has 1 aromatic heterocycles. The summed E-state index contributed by atoms with van der Waals surface area (Å²) in [4.78, 5) is 72.4. The number of carbonyl (C=O) groups excluding carboxylic acids is 5. The molecule has 3 fully saturated rings. The first kappa shape index (κ1) is 28.2. The molecule has 0 bridgehead atoms. The molecule has 6 amide bonds. The number of rotatable bonds is 11. The van der Waals surface area contributed by atoms with Gasteiger partial charge in [0.1, 0.15) is 12.3 Å². The number of aromatic nitrogens is 2. The number of para-hydroxylation sites is 2. The summed E-state index contributed by atoms with van der Waals surface area (Å²) < 4.78 is 16.6. The zero-order valence-electron chi connectivity index (χ0n) is 23.0. The molecule has 14 heteroatoms. The Balaban J connectivity index is 1.29. The van der Waals surface area contributed by atoms with E-state index in [1.165, 1.54) is 12.0 Å². The summed E-state index contributed by atoms with van der Waals surface area (Å²) in [5.74, 6) is -1.52. The van der Waals surface area contributed by atoms with Gasteiger partial charge in [0.05, 0.1) is 38.5 Å². The van der Waals surface area contributed by atoms with Gasteiger partial charge in [0.2, 0.25) is 17.7 Å². The van der Waals surface area contributed by atoms with Crippen LogP contribution in [0.4, 0.5) is 10.5 Å². The quantitative estimate of drug-likeness (QED) is 0.283. The van der Waals surface area contributed by atoms with Crippen molar-refractivity contribution in [2.75, 3.05) is 44.8 Å². The van der Waals surface area contributed by atoms with Crippen LogP contribution in [0.25, 0.3) is 0 Å². The number of amides is 6. The van der Waals surface area contributed by atoms with Crippen molar-refractivity contribution in [3.8, 4) is 5.75 Å². The van der Waals surface area contributed by atoms with E-state index >= 15 is 0 Å². The second-order valence-electron chi connectivity index (χ2n) is 10.2. The third-order valence-corrected chi connectivity index (χ3v) is 7.24. The lowest BCUT2D eigenvalue weighted by atomic mass is 10.2. The second kappa shape index (κ2) is 12.0. The highest BCUT2D eigenvalue weighted by atomic mass is 16.5. The van der Waals surface area contributed by atoms with Crippen LogP contribution in [0.3, 0.4) is 0 Å². The topological polar surface area (TPSA) is 156 Å². The number of anilines is 1. The number of morpholine rings is 1. The first-order valence-corrected chi connectivity index (χ1v) is 13.6. The minimum atomic E-state index is -0.947. The minimum Gasteiger partial charge on any atom is -0.495 e. The summed E-state index contributed by atoms with van der Waals surface area (Å²) in [6, 6.07) is 6.32. The number of benzene rings is 1. The summed E-state index contributed by atoms with van der Waals surface area (Å²) in [7, 11) is 1.50. The van der Waals surface area contributed by atoms with E-state index < -0.39 is 23.9 Å². The van der Waals surface area contributed by atoms with E-state index in [1.54, 1.807) is 36.1 Å². The van der Waals surface area contributed by atoms with Crippen LogP contribution in [0.2, 0.25) is 0 Å². The van der Waals surface area contributed by atoms with E-state index in [2.05, 4.69) is 10.1 Å². The average Bonchev–Trinajstić information content (AvgIpc) is 3.68. The molecule has 3 aliphatic rings. The molecule has 3 heterocycles. The smallest absolute Gasteiger partial charge is 0.334 e. The first-order valence-electron chi connectivity index (χ1n) is 13.6. The molecule has 0 radical (unpaired) electrons. The maximum atomic E-state index is 13.6. The third kappa shape index (κ3) is 6.21. The molecule has 41 heavy (non-hydrogen) atoms. The molecule has 1 aromatic carbocycles. The van der Waals surface area contributed by atoms with Gasteiger partial charge in [-0.25, -0.2) is 9.69 Å². The Hall–Kier alpha value is -4.33. The third-order valence-electron chi connectivity index (χ3n) is 7.24. The number of nitrogens with zero attached hydrogens (tertiary/aromatic N) is 6. The SMILES string of the molecule is CCC(=O)N1CCOC(CN(C(=O)Cc2noc(CN3C(=O)C(=O)N(CC4CC4)C3=O)n2)c2ccccc2OC)C1. The predicted molar refractivity (Wildman–Crippen MR) is 140 cm³/mol. The van der Waals surface area contributed by atoms with Crippen molar-refractivity contribution in [2.24, 2.45) is 5.92 Å². The molecule has 1 saturated carbocycles. The maximum Gasteiger partial charge on any atom is 0.334 e. The Kier molecular flexibility index (Phi) is 8.28. The molecule has 5 rings (SSSR count). The zero-order valence-corrected chi connectivity index (χ0v) is 23.0. The molecule has 218 valence electrons. The molecule has 1 atom stereocenters. The maximum absolute atomic E-state index is 13.6. The van der Waals surface area contributed by atoms with Crippen molar-refractivity contribution in [3.05, 3.63) is 36.0 Å². The number of carbonyl (C=O) groups is 5. The lowest BCUT2D eigenvalue weighted by Crippen LogP contribution is -2.51. The Bertz CT molecular complexity index is 1340. The van der Waals surface area contributed by atoms with Crippen molar-refractivity contribution in [1.29, 1.82) is 0 Å². The molecule has 1 aliphatic carbocycles. The monoisotopic (exact) mass is 568 g/mol. The van der Waals surface area contributed by atoms with Crippen molar-refractivity contribution >= 4 is 35.3 Å². The lowest BCUT2D eigenvalue weighted by Gasteiger charge is -2.36. The van der Waals surface area contributed by atoms with Crippen molar-refractivity contribution in [1.82, 2.24) is 24.8 Å². The summed E-state index contributed by atoms with van der Waals surface area (Å²) >= 11 is 0. The fraction of sp³-hybridized carbons (Fsp3) is 0.519. The number of ether oxygens (including phenoxy) is 2. The van der Waals surface area contributed by atoms with Crippen molar-refractivity contribution < 1.29 is 38.0 Å². The Morgan fingerprint density at radius 3 is 2.61 bits per heavy atom. The molecule has 2 aliphatic heterocycles. The zero-order chi connectivity index (χ0) is 29.1. The van der Waals surface area contributed by atoms with Gasteiger partial charge in [-0.3, -0.25) is 24.1 Å². The average molecular weight is 569 g/mol. The van der Waals surface area contributed by atoms with Gasteiger partial charge >= 0.3 is 17.8 Å². The standard InChI is InChI=1S/C27H32N6O8/c1-3-23(34)30-10-11-40-18(14-30)15-31(19-6-4-5-7-20(19)39-2)24(35)12-21-28-22(41-29-21)16-33-26(37)25(36)32(27(33)38)13-17-8-9-17/h4-7,17-18H,3,8-16H2,1-2H3. The van der Waals surface area contributed by atoms with Gasteiger partial charge in [0, 0.05) is 26.1 Å². The normalized spacial score (nSPS) is 19.2. The molecule has 1 unspecified atom stereocenters. The Morgan fingerprint density at radius 2 is 1.88 bits per heavy atom. The van der Waals surface area contributed by atoms with E-state index in [0.717, 1.165) is 22.6 Å². The van der Waals surface area contributed by atoms with E-state index in [-0.39, 0.29) is 55.5 Å². The van der Waals surface area contributed by atoms with Crippen LogP contribution in [0.1, 0.15) is 37.9 Å². The number of hydrogen-bond donors (Lipinski definition) is 0. The van der Waals surface area contributed by atoms with Crippen molar-refractivity contribution in [2.45, 2.75) is 45.3 Å². The van der Waals surface area contributed by atoms with Crippen LogP contribution in [-0.4, -0.2) is 100 Å². The molecule has 2 aromatic rings. The Labute approximate surface area is 236 Å². The van der Waals surface area contributed by atoms with Gasteiger partial charge < -0.3 is 23.8 Å². The van der Waals surface area contributed by atoms with Gasteiger partial charge in [-0.05, 0) is 30.9 Å². The number of urea groups is 1. The molecule has 0 spiro atoms. The summed E-state index contributed by atoms with van der Waals surface area (Å²) in [5, 5.41) is 3.86. The van der Waals surface area contributed by atoms with Gasteiger partial charge in [-0.1, -0.05) is 24.2 Å². The lowest BCUT2D eigenvalue weighted by molar-refractivity contribution is -0.143. The van der Waals surface area contributed by atoms with Crippen LogP contribution >= 0.6 is 0 Å². The molecular formula is C27H32N6O8. The molecule has 2 saturated heterocycles. The second-order valence-corrected chi connectivity index (χ2v) is 10.2. The molecule has 14 nitrogen and oxygen atoms in total. The van der Waals surface area contributed by atoms with Crippen molar-refractivity contribution in [3.63, 3.8) is 0 Å². The van der Waals surface area contributed by atoms with E-state index in [4.69, 9.17) is 14.0 Å². The summed E-state index contributed by atoms with van der Waals surface area (Å²) in [6.45, 7) is 2.97. The summed E-state index contributed by atoms with van der Waals surface area (Å²) in [6.07, 6.45) is 1.52. The van der Waals surface area contributed by atoms with Gasteiger partial charge in [-0.15, -0.1) is 0 Å². The van der Waals surface area contributed by atoms with Crippen LogP contribution < -0.4 is 9.64 Å². The highest BCUT2D eigenvalue weighted by molar-refractivity contribution is 6.44. The first-order chi connectivity index (χ1) is 19.8. The number of hydrogen-bond acceptors (Lipinski definition) is 10. The Morgan fingerprint density at radius 1 is 1.12 bits per heavy atom. The fourth-order valence-electron chi connectivity index (χ4n) is 4.87. The minimum absolute atomic E-state index is 0.0140. The highest BCUT2D eigenvalue weighted by Crippen LogP contribution is 2.32. The van der Waals surface area contributed by atoms with Crippen LogP contribution in [0.15, 0.2) is 28.8 Å². The van der Waals surface area contributed by atoms with Gasteiger partial charge in [0.25, 0.3) is 0 Å². The number of imide groups is 2. The highest BCUT2D eigenvalue weighted by Gasteiger charge is 2.46. The van der Waals surface area contributed by atoms with E-state index in [1.807, 2.05) is 0 Å². The van der Waals surface area contributed by atoms with Gasteiger partial charge in [-0.2, -0.15) is 4.98 Å².